The van der Waals surface area contributed by atoms with Crippen molar-refractivity contribution < 1.29 is 27.9 Å². The number of rotatable bonds is 3. The molecular weight excluding hydrogens is 511 g/mol. The van der Waals surface area contributed by atoms with Gasteiger partial charge in [0.15, 0.2) is 5.49 Å². The molecule has 8 nitrogen and oxygen atoms in total. The number of alkyl halides is 3. The molecule has 192 valence electrons. The number of aromatic nitrogens is 3. The summed E-state index contributed by atoms with van der Waals surface area (Å²) in [4.78, 5) is 24.8. The first kappa shape index (κ1) is 24.7. The Morgan fingerprint density at radius 2 is 2.05 bits per heavy atom. The Labute approximate surface area is 213 Å². The Kier molecular flexibility index (Phi) is 5.70. The second kappa shape index (κ2) is 8.55. The number of hydrogen-bond acceptors (Lipinski definition) is 5. The van der Waals surface area contributed by atoms with Crippen molar-refractivity contribution in [1.82, 2.24) is 14.7 Å². The predicted molar refractivity (Wildman–Crippen MR) is 130 cm³/mol. The molecule has 1 aliphatic heterocycles. The van der Waals surface area contributed by atoms with E-state index in [0.29, 0.717) is 45.9 Å². The third-order valence-electron chi connectivity index (χ3n) is 5.95. The zero-order valence-corrected chi connectivity index (χ0v) is 20.6. The van der Waals surface area contributed by atoms with E-state index in [2.05, 4.69) is 20.3 Å². The molecule has 0 fully saturated rings. The fourth-order valence-corrected chi connectivity index (χ4v) is 4.52. The highest BCUT2D eigenvalue weighted by molar-refractivity contribution is 6.33. The van der Waals surface area contributed by atoms with E-state index in [1.165, 1.54) is 6.07 Å². The number of halogens is 4. The molecule has 4 aromatic rings. The normalized spacial score (nSPS) is 15.1. The summed E-state index contributed by atoms with van der Waals surface area (Å²) in [7, 11) is 0. The summed E-state index contributed by atoms with van der Waals surface area (Å²) in [5.41, 5.74) is 1.38. The number of imidazole rings is 1. The molecule has 12 heteroatoms. The first-order valence-corrected chi connectivity index (χ1v) is 11.6. The molecule has 2 aromatic carbocycles. The molecule has 3 heterocycles. The van der Waals surface area contributed by atoms with Gasteiger partial charge in [-0.1, -0.05) is 23.7 Å². The Morgan fingerprint density at radius 3 is 2.73 bits per heavy atom. The topological polar surface area (TPSA) is 105 Å². The minimum absolute atomic E-state index is 0.0806. The zero-order valence-electron chi connectivity index (χ0n) is 19.9. The fraction of sp³-hybridized carbons (Fsp3) is 0.240. The van der Waals surface area contributed by atoms with Crippen molar-refractivity contribution in [3.63, 3.8) is 0 Å². The van der Waals surface area contributed by atoms with Crippen LogP contribution in [0.4, 0.5) is 24.8 Å². The summed E-state index contributed by atoms with van der Waals surface area (Å²) >= 11 is 6.33. The van der Waals surface area contributed by atoms with Gasteiger partial charge in [0.2, 0.25) is 5.95 Å². The number of ether oxygens (including phenoxy) is 1. The molecule has 1 aliphatic rings. The second-order valence-corrected chi connectivity index (χ2v) is 9.75. The van der Waals surface area contributed by atoms with Gasteiger partial charge in [0.1, 0.15) is 11.4 Å². The third kappa shape index (κ3) is 4.62. The average Bonchev–Trinajstić information content (AvgIpc) is 3.35. The van der Waals surface area contributed by atoms with Crippen LogP contribution in [0, 0.1) is 6.92 Å². The summed E-state index contributed by atoms with van der Waals surface area (Å²) in [5, 5.41) is 13.7. The van der Waals surface area contributed by atoms with Crippen LogP contribution >= 0.6 is 11.6 Å². The SMILES string of the molecule is Cc1cccc(Cl)c1Nc1nc2c3c(c(C(=O)N=c4ccc(C(F)(F)F)cn4O)cc2[nH]1)OC(C)(C)C3. The molecule has 0 aliphatic carbocycles. The first-order chi connectivity index (χ1) is 17.3. The van der Waals surface area contributed by atoms with E-state index in [4.69, 9.17) is 16.3 Å². The molecule has 0 saturated carbocycles. The van der Waals surface area contributed by atoms with Crippen molar-refractivity contribution >= 4 is 40.2 Å². The van der Waals surface area contributed by atoms with E-state index in [9.17, 15) is 23.2 Å². The number of hydrogen-bond donors (Lipinski definition) is 3. The average molecular weight is 532 g/mol. The molecule has 0 unspecified atom stereocenters. The number of carbonyl (C=O) groups is 1. The van der Waals surface area contributed by atoms with Gasteiger partial charge < -0.3 is 20.2 Å². The minimum atomic E-state index is -4.66. The summed E-state index contributed by atoms with van der Waals surface area (Å²) in [6.45, 7) is 5.62. The Balaban J connectivity index is 1.60. The smallest absolute Gasteiger partial charge is 0.417 e. The van der Waals surface area contributed by atoms with E-state index in [-0.39, 0.29) is 21.5 Å². The van der Waals surface area contributed by atoms with Crippen LogP contribution in [-0.4, -0.2) is 31.4 Å². The van der Waals surface area contributed by atoms with Gasteiger partial charge in [0.25, 0.3) is 5.91 Å². The second-order valence-electron chi connectivity index (χ2n) is 9.34. The summed E-state index contributed by atoms with van der Waals surface area (Å²) in [5.74, 6) is -0.116. The van der Waals surface area contributed by atoms with E-state index in [0.717, 1.165) is 17.7 Å². The van der Waals surface area contributed by atoms with Gasteiger partial charge in [-0.15, -0.1) is 0 Å². The zero-order chi connectivity index (χ0) is 26.7. The summed E-state index contributed by atoms with van der Waals surface area (Å²) in [6.07, 6.45) is -3.76. The Morgan fingerprint density at radius 1 is 1.30 bits per heavy atom. The van der Waals surface area contributed by atoms with Gasteiger partial charge >= 0.3 is 6.18 Å². The van der Waals surface area contributed by atoms with Crippen molar-refractivity contribution in [2.75, 3.05) is 5.32 Å². The minimum Gasteiger partial charge on any atom is -0.486 e. The highest BCUT2D eigenvalue weighted by Crippen LogP contribution is 2.42. The van der Waals surface area contributed by atoms with E-state index >= 15 is 0 Å². The number of para-hydroxylation sites is 1. The predicted octanol–water partition coefficient (Wildman–Crippen LogP) is 5.78. The van der Waals surface area contributed by atoms with Gasteiger partial charge in [0.05, 0.1) is 39.1 Å². The van der Waals surface area contributed by atoms with Crippen LogP contribution in [0.5, 0.6) is 5.75 Å². The van der Waals surface area contributed by atoms with Crippen LogP contribution in [-0.2, 0) is 12.6 Å². The maximum atomic E-state index is 13.2. The number of nitrogens with zero attached hydrogens (tertiary/aromatic N) is 3. The molecule has 0 radical (unpaired) electrons. The van der Waals surface area contributed by atoms with Crippen LogP contribution < -0.4 is 15.5 Å². The maximum absolute atomic E-state index is 13.2. The number of fused-ring (bicyclic) bond motifs is 3. The van der Waals surface area contributed by atoms with Crippen LogP contribution in [0.25, 0.3) is 11.0 Å². The van der Waals surface area contributed by atoms with E-state index < -0.39 is 23.2 Å². The van der Waals surface area contributed by atoms with Crippen molar-refractivity contribution in [3.8, 4) is 5.75 Å². The number of pyridine rings is 1. The Bertz CT molecular complexity index is 1620. The number of H-pyrrole nitrogens is 1. The lowest BCUT2D eigenvalue weighted by Crippen LogP contribution is -2.25. The molecule has 0 spiro atoms. The summed E-state index contributed by atoms with van der Waals surface area (Å²) < 4.78 is 45.0. The molecule has 0 bridgehead atoms. The number of anilines is 2. The lowest BCUT2D eigenvalue weighted by Gasteiger charge is -2.17. The highest BCUT2D eigenvalue weighted by atomic mass is 35.5. The lowest BCUT2D eigenvalue weighted by atomic mass is 9.99. The number of benzene rings is 2. The molecular formula is C25H21ClF3N5O3. The third-order valence-corrected chi connectivity index (χ3v) is 6.27. The highest BCUT2D eigenvalue weighted by Gasteiger charge is 2.36. The van der Waals surface area contributed by atoms with Crippen molar-refractivity contribution in [1.29, 1.82) is 0 Å². The van der Waals surface area contributed by atoms with Crippen molar-refractivity contribution in [3.05, 3.63) is 75.4 Å². The number of amides is 1. The number of carbonyl (C=O) groups excluding carboxylic acids is 1. The molecule has 1 amide bonds. The first-order valence-electron chi connectivity index (χ1n) is 11.2. The van der Waals surface area contributed by atoms with Gasteiger partial charge in [-0.25, -0.2) is 4.98 Å². The Hall–Kier alpha value is -3.99. The maximum Gasteiger partial charge on any atom is 0.417 e. The largest absolute Gasteiger partial charge is 0.486 e. The van der Waals surface area contributed by atoms with E-state index in [1.54, 1.807) is 6.07 Å². The van der Waals surface area contributed by atoms with Gasteiger partial charge in [0, 0.05) is 12.0 Å². The van der Waals surface area contributed by atoms with Gasteiger partial charge in [-0.05, 0) is 50.6 Å². The summed E-state index contributed by atoms with van der Waals surface area (Å²) in [6, 6.07) is 8.65. The molecule has 2 aromatic heterocycles. The number of aromatic amines is 1. The van der Waals surface area contributed by atoms with Gasteiger partial charge in [-0.2, -0.15) is 22.9 Å². The molecule has 0 atom stereocenters. The van der Waals surface area contributed by atoms with Crippen molar-refractivity contribution in [2.24, 2.45) is 4.99 Å². The molecule has 3 N–H and O–H groups in total. The molecule has 0 saturated heterocycles. The van der Waals surface area contributed by atoms with Crippen LogP contribution in [0.3, 0.4) is 0 Å². The molecule has 5 rings (SSSR count). The number of aryl methyl sites for hydroxylation is 1. The molecule has 37 heavy (non-hydrogen) atoms. The fourth-order valence-electron chi connectivity index (χ4n) is 4.25. The van der Waals surface area contributed by atoms with Crippen molar-refractivity contribution in [2.45, 2.75) is 39.0 Å². The van der Waals surface area contributed by atoms with Crippen LogP contribution in [0.15, 0.2) is 47.6 Å². The standard InChI is InChI=1S/C25H21ClF3N5O3/c1-12-5-4-6-16(26)19(12)32-23-30-17-9-14(21-15(20(17)33-23)10-24(2,3)37-21)22(35)31-18-8-7-13(11-34(18)36)25(27,28)29/h4-9,11,36H,10H2,1-3H3,(H2,30,32,33). The van der Waals surface area contributed by atoms with E-state index in [1.807, 2.05) is 32.9 Å². The number of nitrogens with one attached hydrogen (secondary N) is 2. The van der Waals surface area contributed by atoms with Gasteiger partial charge in [-0.3, -0.25) is 4.79 Å². The lowest BCUT2D eigenvalue weighted by molar-refractivity contribution is -0.138. The quantitative estimate of drug-likeness (QED) is 0.291. The monoisotopic (exact) mass is 531 g/mol. The van der Waals surface area contributed by atoms with Crippen LogP contribution in [0.1, 0.15) is 40.9 Å². The van der Waals surface area contributed by atoms with Crippen LogP contribution in [0.2, 0.25) is 5.02 Å².